The average molecular weight is 421 g/mol. The number of fused-ring (bicyclic) bond motifs is 2. The van der Waals surface area contributed by atoms with Crippen molar-refractivity contribution in [1.29, 1.82) is 0 Å². The first-order valence-corrected chi connectivity index (χ1v) is 12.1. The van der Waals surface area contributed by atoms with E-state index in [4.69, 9.17) is 9.72 Å². The molecule has 5 nitrogen and oxygen atoms in total. The number of hydrogen-bond donors (Lipinski definition) is 2. The van der Waals surface area contributed by atoms with E-state index in [1.807, 2.05) is 6.20 Å². The number of rotatable bonds is 6. The fourth-order valence-electron chi connectivity index (χ4n) is 5.63. The second-order valence-corrected chi connectivity index (χ2v) is 9.49. The number of morpholine rings is 1. The number of aryl methyl sites for hydroxylation is 1. The molecule has 2 aromatic rings. The summed E-state index contributed by atoms with van der Waals surface area (Å²) in [5, 5.41) is 7.42. The maximum Gasteiger partial charge on any atom is 0.0623 e. The third-order valence-corrected chi connectivity index (χ3v) is 7.39. The van der Waals surface area contributed by atoms with Gasteiger partial charge in [0.1, 0.15) is 0 Å². The fraction of sp³-hybridized carbons (Fsp3) is 0.577. The molecule has 2 N–H and O–H groups in total. The minimum absolute atomic E-state index is 0.443. The van der Waals surface area contributed by atoms with E-state index in [2.05, 4.69) is 52.9 Å². The summed E-state index contributed by atoms with van der Waals surface area (Å²) in [4.78, 5) is 7.28. The van der Waals surface area contributed by atoms with Crippen LogP contribution >= 0.6 is 0 Å². The Bertz CT molecular complexity index is 879. The largest absolute Gasteiger partial charge is 0.379 e. The topological polar surface area (TPSA) is 49.4 Å². The molecule has 0 bridgehead atoms. The summed E-state index contributed by atoms with van der Waals surface area (Å²) in [5.41, 5.74) is 7.31. The van der Waals surface area contributed by atoms with Crippen LogP contribution in [0.2, 0.25) is 0 Å². The van der Waals surface area contributed by atoms with Crippen LogP contribution in [-0.2, 0) is 30.5 Å². The van der Waals surface area contributed by atoms with Gasteiger partial charge in [-0.3, -0.25) is 9.88 Å². The number of benzene rings is 1. The van der Waals surface area contributed by atoms with Crippen LogP contribution in [0.15, 0.2) is 36.5 Å². The van der Waals surface area contributed by atoms with Crippen LogP contribution in [0.5, 0.6) is 0 Å². The lowest BCUT2D eigenvalue weighted by molar-refractivity contribution is 0.0769. The molecule has 1 unspecified atom stereocenters. The van der Waals surface area contributed by atoms with Gasteiger partial charge in [-0.2, -0.15) is 0 Å². The Morgan fingerprint density at radius 3 is 2.97 bits per heavy atom. The van der Waals surface area contributed by atoms with Crippen molar-refractivity contribution >= 4 is 0 Å². The number of ether oxygens (including phenoxy) is 1. The van der Waals surface area contributed by atoms with Crippen molar-refractivity contribution in [1.82, 2.24) is 20.5 Å². The zero-order valence-corrected chi connectivity index (χ0v) is 18.8. The van der Waals surface area contributed by atoms with E-state index in [9.17, 15) is 0 Å². The zero-order chi connectivity index (χ0) is 21.0. The Morgan fingerprint density at radius 1 is 1.13 bits per heavy atom. The van der Waals surface area contributed by atoms with E-state index in [1.54, 1.807) is 5.56 Å². The molecule has 0 spiro atoms. The van der Waals surface area contributed by atoms with Gasteiger partial charge in [0.2, 0.25) is 0 Å². The van der Waals surface area contributed by atoms with Gasteiger partial charge in [-0.05, 0) is 80.4 Å². The standard InChI is InChI=1S/C26H36N4O/c1-30(25-9-3-5-19-8-4-11-28-26(19)25)13-10-22-16-24-20(6-2-7-21(24)17-29-22)15-23-18-31-14-12-27-23/h2,4,6-8,11,22-23,25,27,29H,3,5,9-10,12-18H2,1H3/t22-,23?,25-/m0/s1. The molecule has 0 saturated carbocycles. The van der Waals surface area contributed by atoms with Gasteiger partial charge < -0.3 is 15.4 Å². The first kappa shape index (κ1) is 21.1. The zero-order valence-electron chi connectivity index (χ0n) is 18.8. The van der Waals surface area contributed by atoms with Crippen molar-refractivity contribution < 1.29 is 4.74 Å². The predicted molar refractivity (Wildman–Crippen MR) is 124 cm³/mol. The quantitative estimate of drug-likeness (QED) is 0.752. The van der Waals surface area contributed by atoms with Gasteiger partial charge in [-0.15, -0.1) is 0 Å². The number of nitrogens with zero attached hydrogens (tertiary/aromatic N) is 2. The van der Waals surface area contributed by atoms with Crippen LogP contribution in [0.1, 0.15) is 53.3 Å². The summed E-state index contributed by atoms with van der Waals surface area (Å²) < 4.78 is 5.68. The van der Waals surface area contributed by atoms with Gasteiger partial charge in [0.15, 0.2) is 0 Å². The number of pyridine rings is 1. The first-order chi connectivity index (χ1) is 15.3. The summed E-state index contributed by atoms with van der Waals surface area (Å²) in [6.45, 7) is 4.72. The van der Waals surface area contributed by atoms with E-state index in [0.29, 0.717) is 18.1 Å². The van der Waals surface area contributed by atoms with Gasteiger partial charge >= 0.3 is 0 Å². The molecule has 166 valence electrons. The molecule has 3 aliphatic rings. The van der Waals surface area contributed by atoms with Crippen LogP contribution in [0.4, 0.5) is 0 Å². The van der Waals surface area contributed by atoms with Gasteiger partial charge in [0, 0.05) is 31.4 Å². The fourth-order valence-corrected chi connectivity index (χ4v) is 5.63. The Morgan fingerprint density at radius 2 is 2.06 bits per heavy atom. The third-order valence-electron chi connectivity index (χ3n) is 7.39. The third kappa shape index (κ3) is 4.85. The van der Waals surface area contributed by atoms with Crippen LogP contribution in [0.25, 0.3) is 0 Å². The molecule has 0 amide bonds. The van der Waals surface area contributed by atoms with Crippen LogP contribution < -0.4 is 10.6 Å². The molecule has 3 atom stereocenters. The molecule has 1 aliphatic carbocycles. The average Bonchev–Trinajstić information content (AvgIpc) is 2.83. The molecule has 0 radical (unpaired) electrons. The van der Waals surface area contributed by atoms with Crippen molar-refractivity contribution in [3.63, 3.8) is 0 Å². The summed E-state index contributed by atoms with van der Waals surface area (Å²) in [7, 11) is 2.28. The second-order valence-electron chi connectivity index (χ2n) is 9.49. The van der Waals surface area contributed by atoms with Gasteiger partial charge in [-0.25, -0.2) is 0 Å². The Balaban J connectivity index is 1.21. The molecule has 5 heteroatoms. The van der Waals surface area contributed by atoms with E-state index in [0.717, 1.165) is 45.7 Å². The summed E-state index contributed by atoms with van der Waals surface area (Å²) in [5.74, 6) is 0. The number of nitrogens with one attached hydrogen (secondary N) is 2. The van der Waals surface area contributed by atoms with Crippen molar-refractivity contribution in [2.45, 2.75) is 63.2 Å². The van der Waals surface area contributed by atoms with E-state index in [-0.39, 0.29) is 0 Å². The molecule has 1 aromatic heterocycles. The van der Waals surface area contributed by atoms with Crippen molar-refractivity contribution in [2.24, 2.45) is 0 Å². The van der Waals surface area contributed by atoms with E-state index in [1.165, 1.54) is 48.1 Å². The summed E-state index contributed by atoms with van der Waals surface area (Å²) in [6, 6.07) is 12.6. The second kappa shape index (κ2) is 9.78. The normalized spacial score (nSPS) is 25.8. The number of aromatic nitrogens is 1. The lowest BCUT2D eigenvalue weighted by Gasteiger charge is -2.34. The monoisotopic (exact) mass is 420 g/mol. The number of hydrogen-bond acceptors (Lipinski definition) is 5. The minimum atomic E-state index is 0.443. The maximum atomic E-state index is 5.68. The molecule has 31 heavy (non-hydrogen) atoms. The molecule has 1 fully saturated rings. The summed E-state index contributed by atoms with van der Waals surface area (Å²) in [6.07, 6.45) is 9.00. The summed E-state index contributed by atoms with van der Waals surface area (Å²) >= 11 is 0. The molecule has 3 heterocycles. The first-order valence-electron chi connectivity index (χ1n) is 12.1. The minimum Gasteiger partial charge on any atom is -0.379 e. The Hall–Kier alpha value is -1.79. The molecular weight excluding hydrogens is 384 g/mol. The van der Waals surface area contributed by atoms with Crippen LogP contribution in [0, 0.1) is 0 Å². The Kier molecular flexibility index (Phi) is 6.65. The highest BCUT2D eigenvalue weighted by Gasteiger charge is 2.27. The van der Waals surface area contributed by atoms with Gasteiger partial charge in [0.25, 0.3) is 0 Å². The lowest BCUT2D eigenvalue weighted by atomic mass is 9.87. The molecular formula is C26H36N4O. The smallest absolute Gasteiger partial charge is 0.0623 e. The SMILES string of the molecule is CN(CC[C@H]1Cc2c(cccc2CC2COCCN2)CN1)[C@H]1CCCc2cccnc21. The Labute approximate surface area is 186 Å². The van der Waals surface area contributed by atoms with E-state index < -0.39 is 0 Å². The van der Waals surface area contributed by atoms with Crippen molar-refractivity contribution in [3.8, 4) is 0 Å². The highest BCUT2D eigenvalue weighted by Crippen LogP contribution is 2.32. The van der Waals surface area contributed by atoms with Gasteiger partial charge in [-0.1, -0.05) is 24.3 Å². The molecule has 1 aromatic carbocycles. The maximum absolute atomic E-state index is 5.68. The van der Waals surface area contributed by atoms with Crippen molar-refractivity contribution in [2.75, 3.05) is 33.4 Å². The van der Waals surface area contributed by atoms with Crippen molar-refractivity contribution in [3.05, 3.63) is 64.5 Å². The lowest BCUT2D eigenvalue weighted by Crippen LogP contribution is -2.43. The van der Waals surface area contributed by atoms with Crippen LogP contribution in [0.3, 0.4) is 0 Å². The van der Waals surface area contributed by atoms with Crippen LogP contribution in [-0.4, -0.2) is 55.3 Å². The van der Waals surface area contributed by atoms with E-state index >= 15 is 0 Å². The highest BCUT2D eigenvalue weighted by molar-refractivity contribution is 5.38. The highest BCUT2D eigenvalue weighted by atomic mass is 16.5. The molecule has 2 aliphatic heterocycles. The molecule has 5 rings (SSSR count). The molecule has 1 saturated heterocycles. The van der Waals surface area contributed by atoms with Gasteiger partial charge in [0.05, 0.1) is 24.9 Å². The predicted octanol–water partition coefficient (Wildman–Crippen LogP) is 3.03.